The molecule has 2 amide bonds. The van der Waals surface area contributed by atoms with Crippen molar-refractivity contribution in [2.45, 2.75) is 62.5 Å². The number of hydrogen-bond acceptors (Lipinski definition) is 8. The molecule has 2 aromatic heterocycles. The van der Waals surface area contributed by atoms with Gasteiger partial charge < -0.3 is 15.1 Å². The maximum Gasteiger partial charge on any atom is 0.229 e. The quantitative estimate of drug-likeness (QED) is 0.372. The number of likely N-dealkylation sites (tertiary alicyclic amines) is 1. The van der Waals surface area contributed by atoms with Crippen LogP contribution in [0.2, 0.25) is 0 Å². The molecule has 1 aliphatic heterocycles. The second-order valence-electron chi connectivity index (χ2n) is 10.1. The average Bonchev–Trinajstić information content (AvgIpc) is 3.49. The number of nitrogens with zero attached hydrogens (tertiary/aromatic N) is 3. The summed E-state index contributed by atoms with van der Waals surface area (Å²) in [5.74, 6) is 2.16. The van der Waals surface area contributed by atoms with Crippen LogP contribution in [0.5, 0.6) is 0 Å². The molecule has 3 aromatic rings. The van der Waals surface area contributed by atoms with Gasteiger partial charge in [-0.15, -0.1) is 11.8 Å². The highest BCUT2D eigenvalue weighted by atomic mass is 32.2. The van der Waals surface area contributed by atoms with Crippen LogP contribution >= 0.6 is 23.1 Å². The lowest BCUT2D eigenvalue weighted by Gasteiger charge is -2.31. The van der Waals surface area contributed by atoms with Gasteiger partial charge in [-0.05, 0) is 43.6 Å². The Hall–Kier alpha value is -2.69. The van der Waals surface area contributed by atoms with Crippen LogP contribution < -0.4 is 10.6 Å². The lowest BCUT2D eigenvalue weighted by atomic mass is 9.94. The van der Waals surface area contributed by atoms with Crippen molar-refractivity contribution in [3.8, 4) is 0 Å². The maximum atomic E-state index is 12.8. The largest absolute Gasteiger partial charge is 0.444 e. The molecule has 36 heavy (non-hydrogen) atoms. The number of oxazole rings is 1. The molecule has 10 heteroatoms. The number of carbonyl (C=O) groups excluding carboxylic acids is 2. The number of rotatable bonds is 8. The van der Waals surface area contributed by atoms with E-state index in [1.54, 1.807) is 24.2 Å². The van der Waals surface area contributed by atoms with E-state index in [2.05, 4.69) is 46.3 Å². The van der Waals surface area contributed by atoms with Crippen LogP contribution in [-0.4, -0.2) is 39.8 Å². The van der Waals surface area contributed by atoms with Crippen LogP contribution in [0.25, 0.3) is 0 Å². The zero-order chi connectivity index (χ0) is 25.7. The number of amides is 2. The molecule has 0 atom stereocenters. The zero-order valence-corrected chi connectivity index (χ0v) is 22.8. The SMILES string of the molecule is CC(=O)Nc1ccc(CN2CCC(C(=O)Nc3ncc(SCc4ncc(C(C)(C)C)o4)s3)CC2)cc1. The van der Waals surface area contributed by atoms with E-state index in [0.717, 1.165) is 48.1 Å². The summed E-state index contributed by atoms with van der Waals surface area (Å²) in [7, 11) is 0. The number of piperidine rings is 1. The zero-order valence-electron chi connectivity index (χ0n) is 21.2. The summed E-state index contributed by atoms with van der Waals surface area (Å²) in [5, 5.41) is 6.42. The van der Waals surface area contributed by atoms with Gasteiger partial charge in [0, 0.05) is 30.5 Å². The summed E-state index contributed by atoms with van der Waals surface area (Å²) in [6.07, 6.45) is 5.23. The fourth-order valence-electron chi connectivity index (χ4n) is 3.96. The smallest absolute Gasteiger partial charge is 0.229 e. The summed E-state index contributed by atoms with van der Waals surface area (Å²) >= 11 is 3.08. The predicted molar refractivity (Wildman–Crippen MR) is 144 cm³/mol. The molecule has 1 saturated heterocycles. The summed E-state index contributed by atoms with van der Waals surface area (Å²) in [6, 6.07) is 7.92. The minimum absolute atomic E-state index is 0.00784. The van der Waals surface area contributed by atoms with Crippen molar-refractivity contribution in [3.05, 3.63) is 53.9 Å². The van der Waals surface area contributed by atoms with Gasteiger partial charge in [0.2, 0.25) is 17.7 Å². The Balaban J connectivity index is 1.20. The van der Waals surface area contributed by atoms with Crippen LogP contribution in [0.4, 0.5) is 10.8 Å². The Bertz CT molecular complexity index is 1170. The third kappa shape index (κ3) is 7.41. The van der Waals surface area contributed by atoms with Gasteiger partial charge in [-0.1, -0.05) is 44.2 Å². The second-order valence-corrected chi connectivity index (χ2v) is 12.4. The first-order valence-corrected chi connectivity index (χ1v) is 13.9. The number of carbonyl (C=O) groups is 2. The number of thiazole rings is 1. The van der Waals surface area contributed by atoms with Crippen LogP contribution in [0.3, 0.4) is 0 Å². The van der Waals surface area contributed by atoms with Gasteiger partial charge >= 0.3 is 0 Å². The van der Waals surface area contributed by atoms with Gasteiger partial charge in [0.05, 0.1) is 22.4 Å². The highest BCUT2D eigenvalue weighted by molar-refractivity contribution is 8.00. The predicted octanol–water partition coefficient (Wildman–Crippen LogP) is 5.53. The van der Waals surface area contributed by atoms with Gasteiger partial charge in [0.15, 0.2) is 5.13 Å². The molecule has 2 N–H and O–H groups in total. The first-order chi connectivity index (χ1) is 17.2. The van der Waals surface area contributed by atoms with Crippen LogP contribution in [0.1, 0.15) is 57.8 Å². The number of thioether (sulfide) groups is 1. The molecule has 1 aromatic carbocycles. The normalized spacial score (nSPS) is 15.1. The molecule has 0 saturated carbocycles. The Kier molecular flexibility index (Phi) is 8.48. The molecule has 192 valence electrons. The molecule has 0 radical (unpaired) electrons. The fourth-order valence-corrected chi connectivity index (χ4v) is 5.68. The molecular formula is C26H33N5O3S2. The first-order valence-electron chi connectivity index (χ1n) is 12.1. The van der Waals surface area contributed by atoms with Crippen LogP contribution in [0.15, 0.2) is 45.3 Å². The van der Waals surface area contributed by atoms with Gasteiger partial charge in [-0.25, -0.2) is 9.97 Å². The molecule has 0 bridgehead atoms. The molecule has 0 unspecified atom stereocenters. The first kappa shape index (κ1) is 26.4. The Labute approximate surface area is 220 Å². The van der Waals surface area contributed by atoms with E-state index in [4.69, 9.17) is 4.42 Å². The molecule has 4 rings (SSSR count). The second kappa shape index (κ2) is 11.6. The monoisotopic (exact) mass is 527 g/mol. The lowest BCUT2D eigenvalue weighted by Crippen LogP contribution is -2.37. The van der Waals surface area contributed by atoms with Gasteiger partial charge in [0.1, 0.15) is 5.76 Å². The minimum Gasteiger partial charge on any atom is -0.444 e. The summed E-state index contributed by atoms with van der Waals surface area (Å²) in [5.41, 5.74) is 1.94. The lowest BCUT2D eigenvalue weighted by molar-refractivity contribution is -0.121. The molecule has 0 aliphatic carbocycles. The van der Waals surface area contributed by atoms with Crippen molar-refractivity contribution in [2.24, 2.45) is 5.92 Å². The maximum absolute atomic E-state index is 12.8. The van der Waals surface area contributed by atoms with Crippen molar-refractivity contribution in [2.75, 3.05) is 23.7 Å². The number of benzene rings is 1. The standard InChI is InChI=1S/C26H33N5O3S2/c1-17(32)29-20-7-5-18(6-8-20)15-31-11-9-19(10-12-31)24(33)30-25-28-14-23(36-25)35-16-22-27-13-21(34-22)26(2,3)4/h5-8,13-14,19H,9-12,15-16H2,1-4H3,(H,29,32)(H,28,30,33). The van der Waals surface area contributed by atoms with Crippen molar-refractivity contribution in [3.63, 3.8) is 0 Å². The van der Waals surface area contributed by atoms with E-state index in [1.165, 1.54) is 23.8 Å². The third-order valence-electron chi connectivity index (χ3n) is 5.98. The van der Waals surface area contributed by atoms with Gasteiger partial charge in [-0.3, -0.25) is 14.5 Å². The highest BCUT2D eigenvalue weighted by Gasteiger charge is 2.26. The average molecular weight is 528 g/mol. The van der Waals surface area contributed by atoms with E-state index in [1.807, 2.05) is 24.3 Å². The highest BCUT2D eigenvalue weighted by Crippen LogP contribution is 2.32. The number of anilines is 2. The number of hydrogen-bond donors (Lipinski definition) is 2. The Morgan fingerprint density at radius 2 is 1.83 bits per heavy atom. The Morgan fingerprint density at radius 3 is 2.47 bits per heavy atom. The van der Waals surface area contributed by atoms with E-state index >= 15 is 0 Å². The van der Waals surface area contributed by atoms with Gasteiger partial charge in [0.25, 0.3) is 0 Å². The number of nitrogens with one attached hydrogen (secondary N) is 2. The third-order valence-corrected chi connectivity index (χ3v) is 8.08. The van der Waals surface area contributed by atoms with E-state index < -0.39 is 0 Å². The van der Waals surface area contributed by atoms with E-state index in [-0.39, 0.29) is 23.1 Å². The Morgan fingerprint density at radius 1 is 1.11 bits per heavy atom. The van der Waals surface area contributed by atoms with E-state index in [9.17, 15) is 9.59 Å². The summed E-state index contributed by atoms with van der Waals surface area (Å²) in [4.78, 5) is 35.1. The molecule has 3 heterocycles. The number of aromatic nitrogens is 2. The van der Waals surface area contributed by atoms with Crippen molar-refractivity contribution in [1.29, 1.82) is 0 Å². The van der Waals surface area contributed by atoms with Crippen molar-refractivity contribution >= 4 is 45.7 Å². The fraction of sp³-hybridized carbons (Fsp3) is 0.462. The minimum atomic E-state index is -0.0725. The topological polar surface area (TPSA) is 100 Å². The molecule has 0 spiro atoms. The van der Waals surface area contributed by atoms with Crippen molar-refractivity contribution < 1.29 is 14.0 Å². The van der Waals surface area contributed by atoms with E-state index in [0.29, 0.717) is 16.8 Å². The molecule has 1 aliphatic rings. The molecule has 8 nitrogen and oxygen atoms in total. The van der Waals surface area contributed by atoms with Crippen LogP contribution in [0, 0.1) is 5.92 Å². The molecule has 1 fully saturated rings. The van der Waals surface area contributed by atoms with Crippen molar-refractivity contribution in [1.82, 2.24) is 14.9 Å². The van der Waals surface area contributed by atoms with Crippen LogP contribution in [-0.2, 0) is 27.3 Å². The molecular weight excluding hydrogens is 494 g/mol. The van der Waals surface area contributed by atoms with Gasteiger partial charge in [-0.2, -0.15) is 0 Å². The summed E-state index contributed by atoms with van der Waals surface area (Å²) < 4.78 is 6.86. The summed E-state index contributed by atoms with van der Waals surface area (Å²) in [6.45, 7) is 10.4.